The number of rotatable bonds is 3. The number of aryl methyl sites for hydroxylation is 2. The molecule has 1 aromatic rings. The van der Waals surface area contributed by atoms with Crippen LogP contribution in [-0.4, -0.2) is 10.9 Å². The molecule has 0 aliphatic rings. The zero-order chi connectivity index (χ0) is 9.84. The first kappa shape index (κ1) is 9.92. The van der Waals surface area contributed by atoms with Crippen LogP contribution < -0.4 is 5.32 Å². The summed E-state index contributed by atoms with van der Waals surface area (Å²) in [5, 5.41) is 3.29. The average Bonchev–Trinajstić information content (AvgIpc) is 2.46. The molecule has 70 valence electrons. The molecule has 1 amide bonds. The second kappa shape index (κ2) is 4.18. The molecule has 0 spiro atoms. The number of nitrogens with one attached hydrogen (secondary N) is 1. The molecular weight excluding hydrogens is 184 g/mol. The third-order valence-electron chi connectivity index (χ3n) is 1.64. The Morgan fingerprint density at radius 3 is 2.92 bits per heavy atom. The third kappa shape index (κ3) is 2.39. The summed E-state index contributed by atoms with van der Waals surface area (Å²) in [6.45, 7) is 7.41. The van der Waals surface area contributed by atoms with Gasteiger partial charge in [-0.1, -0.05) is 13.5 Å². The van der Waals surface area contributed by atoms with Gasteiger partial charge in [-0.15, -0.1) is 11.3 Å². The lowest BCUT2D eigenvalue weighted by Gasteiger charge is -1.93. The van der Waals surface area contributed by atoms with Crippen molar-refractivity contribution >= 4 is 22.4 Å². The van der Waals surface area contributed by atoms with E-state index in [1.807, 2.05) is 13.8 Å². The molecule has 0 fully saturated rings. The molecule has 0 atom stereocenters. The van der Waals surface area contributed by atoms with Crippen molar-refractivity contribution in [2.45, 2.75) is 20.3 Å². The molecule has 0 radical (unpaired) electrons. The molecule has 0 saturated heterocycles. The molecule has 1 N–H and O–H groups in total. The predicted molar refractivity (Wildman–Crippen MR) is 55.1 cm³/mol. The fourth-order valence-corrected chi connectivity index (χ4v) is 1.87. The highest BCUT2D eigenvalue weighted by molar-refractivity contribution is 7.15. The number of anilines is 1. The standard InChI is InChI=1S/C9H12N2OS/c1-4-7-6(3)13-9(10-7)11-8(12)5-2/h5H,2,4H2,1,3H3,(H,10,11,12). The van der Waals surface area contributed by atoms with Crippen LogP contribution in [0, 0.1) is 6.92 Å². The van der Waals surface area contributed by atoms with E-state index in [2.05, 4.69) is 16.9 Å². The Kier molecular flexibility index (Phi) is 3.19. The lowest BCUT2D eigenvalue weighted by atomic mass is 10.3. The topological polar surface area (TPSA) is 42.0 Å². The van der Waals surface area contributed by atoms with Crippen molar-refractivity contribution in [3.63, 3.8) is 0 Å². The normalized spacial score (nSPS) is 9.69. The quantitative estimate of drug-likeness (QED) is 0.752. The Morgan fingerprint density at radius 2 is 2.46 bits per heavy atom. The van der Waals surface area contributed by atoms with Crippen molar-refractivity contribution in [2.24, 2.45) is 0 Å². The summed E-state index contributed by atoms with van der Waals surface area (Å²) in [6, 6.07) is 0. The van der Waals surface area contributed by atoms with Crippen LogP contribution >= 0.6 is 11.3 Å². The molecule has 0 aliphatic carbocycles. The van der Waals surface area contributed by atoms with Gasteiger partial charge in [-0.25, -0.2) is 4.98 Å². The lowest BCUT2D eigenvalue weighted by Crippen LogP contribution is -2.06. The number of hydrogen-bond acceptors (Lipinski definition) is 3. The van der Waals surface area contributed by atoms with E-state index in [1.165, 1.54) is 17.4 Å². The van der Waals surface area contributed by atoms with E-state index in [0.29, 0.717) is 5.13 Å². The number of thiazole rings is 1. The highest BCUT2D eigenvalue weighted by Gasteiger charge is 2.06. The molecule has 3 nitrogen and oxygen atoms in total. The van der Waals surface area contributed by atoms with E-state index >= 15 is 0 Å². The van der Waals surface area contributed by atoms with E-state index in [4.69, 9.17) is 0 Å². The number of hydrogen-bond donors (Lipinski definition) is 1. The van der Waals surface area contributed by atoms with Gasteiger partial charge in [0.2, 0.25) is 5.91 Å². The summed E-state index contributed by atoms with van der Waals surface area (Å²) in [5.74, 6) is -0.212. The Labute approximate surface area is 81.5 Å². The van der Waals surface area contributed by atoms with Gasteiger partial charge in [0.05, 0.1) is 5.69 Å². The van der Waals surface area contributed by atoms with Crippen molar-refractivity contribution in [3.05, 3.63) is 23.2 Å². The summed E-state index contributed by atoms with van der Waals surface area (Å²) in [4.78, 5) is 16.3. The molecule has 0 unspecified atom stereocenters. The van der Waals surface area contributed by atoms with Gasteiger partial charge in [-0.2, -0.15) is 0 Å². The van der Waals surface area contributed by atoms with Crippen LogP contribution in [-0.2, 0) is 11.2 Å². The lowest BCUT2D eigenvalue weighted by molar-refractivity contribution is -0.111. The van der Waals surface area contributed by atoms with Gasteiger partial charge in [0.1, 0.15) is 0 Å². The molecular formula is C9H12N2OS. The van der Waals surface area contributed by atoms with E-state index in [0.717, 1.165) is 17.0 Å². The Bertz CT molecular complexity index is 330. The molecule has 1 rings (SSSR count). The average molecular weight is 196 g/mol. The first-order chi connectivity index (χ1) is 6.17. The van der Waals surface area contributed by atoms with Crippen LogP contribution in [0.2, 0.25) is 0 Å². The molecule has 1 aromatic heterocycles. The maximum atomic E-state index is 10.9. The Balaban J connectivity index is 2.79. The predicted octanol–water partition coefficient (Wildman–Crippen LogP) is 2.14. The summed E-state index contributed by atoms with van der Waals surface area (Å²) < 4.78 is 0. The number of aromatic nitrogens is 1. The van der Waals surface area contributed by atoms with Crippen molar-refractivity contribution < 1.29 is 4.79 Å². The van der Waals surface area contributed by atoms with Crippen LogP contribution in [0.4, 0.5) is 5.13 Å². The van der Waals surface area contributed by atoms with Crippen molar-refractivity contribution in [1.29, 1.82) is 0 Å². The molecule has 1 heterocycles. The summed E-state index contributed by atoms with van der Waals surface area (Å²) in [7, 11) is 0. The van der Waals surface area contributed by atoms with Crippen LogP contribution in [0.3, 0.4) is 0 Å². The molecule has 0 aromatic carbocycles. The van der Waals surface area contributed by atoms with Crippen molar-refractivity contribution in [1.82, 2.24) is 4.98 Å². The van der Waals surface area contributed by atoms with E-state index < -0.39 is 0 Å². The van der Waals surface area contributed by atoms with Gasteiger partial charge < -0.3 is 0 Å². The minimum atomic E-state index is -0.212. The smallest absolute Gasteiger partial charge is 0.249 e. The first-order valence-electron chi connectivity index (χ1n) is 4.07. The molecule has 13 heavy (non-hydrogen) atoms. The zero-order valence-electron chi connectivity index (χ0n) is 7.76. The summed E-state index contributed by atoms with van der Waals surface area (Å²) in [6.07, 6.45) is 2.13. The summed E-state index contributed by atoms with van der Waals surface area (Å²) >= 11 is 1.49. The van der Waals surface area contributed by atoms with Gasteiger partial charge in [-0.3, -0.25) is 10.1 Å². The van der Waals surface area contributed by atoms with Crippen LogP contribution in [0.5, 0.6) is 0 Å². The van der Waals surface area contributed by atoms with E-state index in [1.54, 1.807) is 0 Å². The zero-order valence-corrected chi connectivity index (χ0v) is 8.57. The second-order valence-corrected chi connectivity index (χ2v) is 3.77. The molecule has 0 aliphatic heterocycles. The van der Waals surface area contributed by atoms with Crippen molar-refractivity contribution in [2.75, 3.05) is 5.32 Å². The van der Waals surface area contributed by atoms with Crippen LogP contribution in [0.25, 0.3) is 0 Å². The Hall–Kier alpha value is -1.16. The maximum Gasteiger partial charge on any atom is 0.249 e. The number of carbonyl (C=O) groups is 1. The van der Waals surface area contributed by atoms with E-state index in [-0.39, 0.29) is 5.91 Å². The first-order valence-corrected chi connectivity index (χ1v) is 4.88. The monoisotopic (exact) mass is 196 g/mol. The largest absolute Gasteiger partial charge is 0.298 e. The van der Waals surface area contributed by atoms with Gasteiger partial charge in [-0.05, 0) is 19.4 Å². The number of nitrogens with zero attached hydrogens (tertiary/aromatic N) is 1. The minimum absolute atomic E-state index is 0.212. The number of amides is 1. The minimum Gasteiger partial charge on any atom is -0.298 e. The van der Waals surface area contributed by atoms with Gasteiger partial charge >= 0.3 is 0 Å². The maximum absolute atomic E-state index is 10.9. The van der Waals surface area contributed by atoms with Gasteiger partial charge in [0.15, 0.2) is 5.13 Å². The molecule has 0 saturated carbocycles. The second-order valence-electron chi connectivity index (χ2n) is 2.57. The number of carbonyl (C=O) groups excluding carboxylic acids is 1. The van der Waals surface area contributed by atoms with Crippen LogP contribution in [0.1, 0.15) is 17.5 Å². The third-order valence-corrected chi connectivity index (χ3v) is 2.57. The molecule has 0 bridgehead atoms. The Morgan fingerprint density at radius 1 is 1.77 bits per heavy atom. The van der Waals surface area contributed by atoms with Crippen LogP contribution in [0.15, 0.2) is 12.7 Å². The molecule has 4 heteroatoms. The van der Waals surface area contributed by atoms with Gasteiger partial charge in [0, 0.05) is 4.88 Å². The summed E-state index contributed by atoms with van der Waals surface area (Å²) in [5.41, 5.74) is 1.05. The SMILES string of the molecule is C=CC(=O)Nc1nc(CC)c(C)s1. The highest BCUT2D eigenvalue weighted by atomic mass is 32.1. The fourth-order valence-electron chi connectivity index (χ4n) is 0.966. The van der Waals surface area contributed by atoms with E-state index in [9.17, 15) is 4.79 Å². The van der Waals surface area contributed by atoms with Gasteiger partial charge in [0.25, 0.3) is 0 Å². The highest BCUT2D eigenvalue weighted by Crippen LogP contribution is 2.22. The van der Waals surface area contributed by atoms with Crippen molar-refractivity contribution in [3.8, 4) is 0 Å². The fraction of sp³-hybridized carbons (Fsp3) is 0.333.